The van der Waals surface area contributed by atoms with Crippen molar-refractivity contribution in [2.24, 2.45) is 5.92 Å². The number of nitrogens with zero attached hydrogens (tertiary/aromatic N) is 4. The molecule has 1 atom stereocenters. The van der Waals surface area contributed by atoms with Gasteiger partial charge >= 0.3 is 0 Å². The molecule has 0 bridgehead atoms. The molecule has 2 saturated heterocycles. The summed E-state index contributed by atoms with van der Waals surface area (Å²) in [5, 5.41) is 9.82. The Bertz CT molecular complexity index is 803. The van der Waals surface area contributed by atoms with Gasteiger partial charge in [0.2, 0.25) is 5.95 Å². The van der Waals surface area contributed by atoms with E-state index in [1.54, 1.807) is 6.07 Å². The molecule has 4 rings (SSSR count). The minimum atomic E-state index is -0.189. The number of thioether (sulfide) groups is 1. The highest BCUT2D eigenvalue weighted by Gasteiger charge is 2.26. The molecular weight excluding hydrogens is 443 g/mol. The lowest BCUT2D eigenvalue weighted by molar-refractivity contribution is 0.0951. The fourth-order valence-corrected chi connectivity index (χ4v) is 5.10. The van der Waals surface area contributed by atoms with Crippen molar-refractivity contribution in [2.75, 3.05) is 24.6 Å². The lowest BCUT2D eigenvalue weighted by Gasteiger charge is -2.31. The first-order chi connectivity index (χ1) is 13.6. The van der Waals surface area contributed by atoms with Crippen LogP contribution >= 0.6 is 27.7 Å². The summed E-state index contributed by atoms with van der Waals surface area (Å²) in [6.07, 6.45) is 4.74. The van der Waals surface area contributed by atoms with E-state index in [1.807, 2.05) is 6.07 Å². The monoisotopic (exact) mass is 468 g/mol. The fraction of sp³-hybridized carbons (Fsp3) is 0.600. The maximum atomic E-state index is 14.1. The third kappa shape index (κ3) is 4.71. The highest BCUT2D eigenvalue weighted by molar-refractivity contribution is 9.10. The summed E-state index contributed by atoms with van der Waals surface area (Å²) in [7, 11) is 0. The first-order valence-electron chi connectivity index (χ1n) is 9.96. The summed E-state index contributed by atoms with van der Waals surface area (Å²) in [5.74, 6) is 2.02. The van der Waals surface area contributed by atoms with Crippen LogP contribution in [0.5, 0.6) is 0 Å². The third-order valence-electron chi connectivity index (χ3n) is 5.54. The van der Waals surface area contributed by atoms with Crippen LogP contribution in [0.4, 0.5) is 10.3 Å². The second-order valence-electron chi connectivity index (χ2n) is 7.72. The summed E-state index contributed by atoms with van der Waals surface area (Å²) >= 11 is 4.96. The molecule has 8 heteroatoms. The van der Waals surface area contributed by atoms with Crippen LogP contribution in [0.25, 0.3) is 0 Å². The summed E-state index contributed by atoms with van der Waals surface area (Å²) in [6, 6.07) is 5.05. The van der Waals surface area contributed by atoms with Gasteiger partial charge in [0.1, 0.15) is 5.82 Å². The number of ether oxygens (including phenoxy) is 1. The zero-order chi connectivity index (χ0) is 19.5. The summed E-state index contributed by atoms with van der Waals surface area (Å²) in [5.41, 5.74) is 0.666. The van der Waals surface area contributed by atoms with Gasteiger partial charge in [0.05, 0.1) is 12.6 Å². The third-order valence-corrected chi connectivity index (χ3v) is 7.05. The zero-order valence-electron chi connectivity index (χ0n) is 16.1. The SMILES string of the molecule is CC1CCN(c2nnc(SCc3cc(Br)ccc3F)n2CC2CCCO2)CC1. The van der Waals surface area contributed by atoms with Crippen LogP contribution in [0.1, 0.15) is 38.2 Å². The molecule has 0 amide bonds. The van der Waals surface area contributed by atoms with E-state index in [2.05, 4.69) is 42.5 Å². The van der Waals surface area contributed by atoms with E-state index in [-0.39, 0.29) is 11.9 Å². The molecule has 2 aliphatic heterocycles. The molecule has 152 valence electrons. The van der Waals surface area contributed by atoms with E-state index >= 15 is 0 Å². The van der Waals surface area contributed by atoms with Crippen LogP contribution in [0.15, 0.2) is 27.8 Å². The Morgan fingerprint density at radius 3 is 2.82 bits per heavy atom. The first-order valence-corrected chi connectivity index (χ1v) is 11.7. The zero-order valence-corrected chi connectivity index (χ0v) is 18.5. The molecule has 28 heavy (non-hydrogen) atoms. The molecule has 0 aliphatic carbocycles. The van der Waals surface area contributed by atoms with Gasteiger partial charge in [-0.2, -0.15) is 0 Å². The largest absolute Gasteiger partial charge is 0.376 e. The quantitative estimate of drug-likeness (QED) is 0.564. The predicted molar refractivity (Wildman–Crippen MR) is 113 cm³/mol. The van der Waals surface area contributed by atoms with Crippen LogP contribution in [0.2, 0.25) is 0 Å². The van der Waals surface area contributed by atoms with Gasteiger partial charge in [0.15, 0.2) is 5.16 Å². The number of anilines is 1. The predicted octanol–water partition coefficient (Wildman–Crippen LogP) is 4.89. The lowest BCUT2D eigenvalue weighted by atomic mass is 10.00. The first kappa shape index (κ1) is 20.2. The fourth-order valence-electron chi connectivity index (χ4n) is 3.78. The molecule has 2 fully saturated rings. The van der Waals surface area contributed by atoms with E-state index in [9.17, 15) is 4.39 Å². The smallest absolute Gasteiger partial charge is 0.228 e. The van der Waals surface area contributed by atoms with Gasteiger partial charge in [0.25, 0.3) is 0 Å². The summed E-state index contributed by atoms with van der Waals surface area (Å²) in [6.45, 7) is 5.92. The topological polar surface area (TPSA) is 43.2 Å². The average Bonchev–Trinajstić information content (AvgIpc) is 3.34. The minimum absolute atomic E-state index is 0.189. The number of halogens is 2. The number of aromatic nitrogens is 3. The standard InChI is InChI=1S/C20H26BrFN4OS/c1-14-6-8-25(9-7-14)19-23-24-20(26(19)12-17-3-2-10-27-17)28-13-15-11-16(21)4-5-18(15)22/h4-5,11,14,17H,2-3,6-10,12-13H2,1H3. The maximum absolute atomic E-state index is 14.1. The average molecular weight is 469 g/mol. The molecular formula is C20H26BrFN4OS. The van der Waals surface area contributed by atoms with E-state index in [1.165, 1.54) is 30.7 Å². The van der Waals surface area contributed by atoms with Crippen LogP contribution in [-0.4, -0.2) is 40.6 Å². The van der Waals surface area contributed by atoms with Crippen molar-refractivity contribution in [1.29, 1.82) is 0 Å². The Balaban J connectivity index is 1.54. The molecule has 0 spiro atoms. The molecule has 0 radical (unpaired) electrons. The Kier molecular flexibility index (Phi) is 6.58. The number of piperidine rings is 1. The van der Waals surface area contributed by atoms with Crippen LogP contribution in [0, 0.1) is 11.7 Å². The maximum Gasteiger partial charge on any atom is 0.228 e. The van der Waals surface area contributed by atoms with Crippen LogP contribution in [0.3, 0.4) is 0 Å². The molecule has 2 aromatic rings. The van der Waals surface area contributed by atoms with Gasteiger partial charge in [-0.3, -0.25) is 4.57 Å². The van der Waals surface area contributed by atoms with Gasteiger partial charge in [-0.1, -0.05) is 34.6 Å². The molecule has 0 N–H and O–H groups in total. The van der Waals surface area contributed by atoms with Crippen LogP contribution in [-0.2, 0) is 17.0 Å². The Labute approximate surface area is 178 Å². The van der Waals surface area contributed by atoms with Crippen molar-refractivity contribution in [1.82, 2.24) is 14.8 Å². The van der Waals surface area contributed by atoms with Crippen molar-refractivity contribution in [3.05, 3.63) is 34.1 Å². The van der Waals surface area contributed by atoms with E-state index < -0.39 is 0 Å². The summed E-state index contributed by atoms with van der Waals surface area (Å²) < 4.78 is 23.1. The minimum Gasteiger partial charge on any atom is -0.376 e. The van der Waals surface area contributed by atoms with Gasteiger partial charge in [-0.05, 0) is 55.4 Å². The molecule has 2 aliphatic rings. The van der Waals surface area contributed by atoms with Crippen molar-refractivity contribution < 1.29 is 9.13 Å². The second kappa shape index (κ2) is 9.13. The Morgan fingerprint density at radius 1 is 1.25 bits per heavy atom. The van der Waals surface area contributed by atoms with Crippen molar-refractivity contribution in [3.8, 4) is 0 Å². The molecule has 5 nitrogen and oxygen atoms in total. The van der Waals surface area contributed by atoms with Crippen molar-refractivity contribution in [2.45, 2.75) is 56.2 Å². The summed E-state index contributed by atoms with van der Waals surface area (Å²) in [4.78, 5) is 2.34. The number of hydrogen-bond donors (Lipinski definition) is 0. The Morgan fingerprint density at radius 2 is 2.07 bits per heavy atom. The van der Waals surface area contributed by atoms with Gasteiger partial charge in [0, 0.05) is 29.9 Å². The second-order valence-corrected chi connectivity index (χ2v) is 9.58. The highest BCUT2D eigenvalue weighted by atomic mass is 79.9. The number of rotatable bonds is 6. The molecule has 3 heterocycles. The molecule has 1 aromatic heterocycles. The Hall–Kier alpha value is -1.12. The lowest BCUT2D eigenvalue weighted by Crippen LogP contribution is -2.35. The van der Waals surface area contributed by atoms with Crippen molar-refractivity contribution in [3.63, 3.8) is 0 Å². The van der Waals surface area contributed by atoms with Crippen LogP contribution < -0.4 is 4.90 Å². The van der Waals surface area contributed by atoms with E-state index in [0.717, 1.165) is 60.6 Å². The molecule has 0 saturated carbocycles. The molecule has 1 aromatic carbocycles. The number of hydrogen-bond acceptors (Lipinski definition) is 5. The number of benzene rings is 1. The van der Waals surface area contributed by atoms with E-state index in [0.29, 0.717) is 11.3 Å². The van der Waals surface area contributed by atoms with Gasteiger partial charge in [-0.15, -0.1) is 10.2 Å². The molecule has 1 unspecified atom stereocenters. The van der Waals surface area contributed by atoms with E-state index in [4.69, 9.17) is 4.74 Å². The van der Waals surface area contributed by atoms with Gasteiger partial charge < -0.3 is 9.64 Å². The van der Waals surface area contributed by atoms with Crippen molar-refractivity contribution >= 4 is 33.6 Å². The highest BCUT2D eigenvalue weighted by Crippen LogP contribution is 2.30. The van der Waals surface area contributed by atoms with Gasteiger partial charge in [-0.25, -0.2) is 4.39 Å². The normalized spacial score (nSPS) is 20.8.